The third-order valence-corrected chi connectivity index (χ3v) is 4.65. The number of nitrogens with one attached hydrogen (secondary N) is 1. The lowest BCUT2D eigenvalue weighted by Crippen LogP contribution is -2.41. The van der Waals surface area contributed by atoms with E-state index in [0.717, 1.165) is 6.42 Å². The van der Waals surface area contributed by atoms with Gasteiger partial charge >= 0.3 is 5.97 Å². The number of amides is 2. The SMILES string of the molecule is CCCN(CC(=O)Nc1ccc(Cl)cc1)C(=O)[C@@H]1CC[C@H](C(=O)O)C1. The lowest BCUT2D eigenvalue weighted by molar-refractivity contribution is -0.142. The number of halogens is 1. The molecule has 1 aliphatic rings. The predicted octanol–water partition coefficient (Wildman–Crippen LogP) is 3.02. The van der Waals surface area contributed by atoms with Crippen molar-refractivity contribution in [3.05, 3.63) is 29.3 Å². The molecule has 2 atom stereocenters. The number of anilines is 1. The van der Waals surface area contributed by atoms with Gasteiger partial charge < -0.3 is 15.3 Å². The van der Waals surface area contributed by atoms with E-state index in [1.807, 2.05) is 6.92 Å². The Morgan fingerprint density at radius 2 is 1.84 bits per heavy atom. The van der Waals surface area contributed by atoms with Crippen LogP contribution in [-0.4, -0.2) is 40.9 Å². The minimum Gasteiger partial charge on any atom is -0.481 e. The summed E-state index contributed by atoms with van der Waals surface area (Å²) in [5, 5.41) is 12.4. The van der Waals surface area contributed by atoms with Crippen molar-refractivity contribution in [1.29, 1.82) is 0 Å². The first-order chi connectivity index (χ1) is 11.9. The van der Waals surface area contributed by atoms with Crippen LogP contribution in [0, 0.1) is 11.8 Å². The van der Waals surface area contributed by atoms with E-state index >= 15 is 0 Å². The maximum absolute atomic E-state index is 12.7. The standard InChI is InChI=1S/C18H23ClN2O4/c1-2-9-21(17(23)12-3-4-13(10-12)18(24)25)11-16(22)20-15-7-5-14(19)6-8-15/h5-8,12-13H,2-4,9-11H2,1H3,(H,20,22)(H,24,25)/t12-,13+/m1/s1. The molecule has 1 fully saturated rings. The molecule has 1 saturated carbocycles. The van der Waals surface area contributed by atoms with Crippen molar-refractivity contribution in [2.45, 2.75) is 32.6 Å². The molecule has 0 spiro atoms. The second-order valence-corrected chi connectivity index (χ2v) is 6.80. The summed E-state index contributed by atoms with van der Waals surface area (Å²) in [5.41, 5.74) is 0.616. The molecule has 2 rings (SSSR count). The zero-order valence-electron chi connectivity index (χ0n) is 14.2. The van der Waals surface area contributed by atoms with Crippen molar-refractivity contribution >= 4 is 35.1 Å². The van der Waals surface area contributed by atoms with Crippen molar-refractivity contribution in [2.24, 2.45) is 11.8 Å². The molecule has 0 unspecified atom stereocenters. The average molecular weight is 367 g/mol. The lowest BCUT2D eigenvalue weighted by Gasteiger charge is -2.24. The van der Waals surface area contributed by atoms with Gasteiger partial charge in [-0.05, 0) is 49.9 Å². The number of benzene rings is 1. The number of aliphatic carboxylic acids is 1. The molecule has 6 nitrogen and oxygen atoms in total. The minimum atomic E-state index is -0.849. The van der Waals surface area contributed by atoms with Crippen molar-refractivity contribution in [2.75, 3.05) is 18.4 Å². The minimum absolute atomic E-state index is 0.0382. The third kappa shape index (κ3) is 5.46. The van der Waals surface area contributed by atoms with E-state index in [-0.39, 0.29) is 24.3 Å². The number of carbonyl (C=O) groups excluding carboxylic acids is 2. The Kier molecular flexibility index (Phi) is 6.82. The van der Waals surface area contributed by atoms with Crippen molar-refractivity contribution in [3.63, 3.8) is 0 Å². The van der Waals surface area contributed by atoms with Crippen molar-refractivity contribution < 1.29 is 19.5 Å². The van der Waals surface area contributed by atoms with E-state index < -0.39 is 11.9 Å². The maximum atomic E-state index is 12.7. The zero-order chi connectivity index (χ0) is 18.4. The molecule has 0 aliphatic heterocycles. The summed E-state index contributed by atoms with van der Waals surface area (Å²) in [6, 6.07) is 6.74. The Morgan fingerprint density at radius 1 is 1.20 bits per heavy atom. The number of carboxylic acids is 1. The van der Waals surface area contributed by atoms with E-state index in [0.29, 0.717) is 36.5 Å². The van der Waals surface area contributed by atoms with Crippen LogP contribution < -0.4 is 5.32 Å². The Bertz CT molecular complexity index is 632. The monoisotopic (exact) mass is 366 g/mol. The van der Waals surface area contributed by atoms with Crippen LogP contribution >= 0.6 is 11.6 Å². The lowest BCUT2D eigenvalue weighted by atomic mass is 10.0. The molecule has 7 heteroatoms. The smallest absolute Gasteiger partial charge is 0.306 e. The highest BCUT2D eigenvalue weighted by Crippen LogP contribution is 2.32. The molecule has 0 saturated heterocycles. The van der Waals surface area contributed by atoms with E-state index in [1.165, 1.54) is 4.90 Å². The molecule has 0 heterocycles. The van der Waals surface area contributed by atoms with Crippen molar-refractivity contribution in [1.82, 2.24) is 4.90 Å². The van der Waals surface area contributed by atoms with Gasteiger partial charge in [0.2, 0.25) is 11.8 Å². The van der Waals surface area contributed by atoms with Crippen LogP contribution in [0.4, 0.5) is 5.69 Å². The summed E-state index contributed by atoms with van der Waals surface area (Å²) in [7, 11) is 0. The summed E-state index contributed by atoms with van der Waals surface area (Å²) < 4.78 is 0. The number of hydrogen-bond acceptors (Lipinski definition) is 3. The van der Waals surface area contributed by atoms with E-state index in [9.17, 15) is 14.4 Å². The van der Waals surface area contributed by atoms with Gasteiger partial charge in [0.15, 0.2) is 0 Å². The number of carboxylic acid groups (broad SMARTS) is 1. The number of rotatable bonds is 7. The van der Waals surface area contributed by atoms with Gasteiger partial charge in [-0.1, -0.05) is 18.5 Å². The fraction of sp³-hybridized carbons (Fsp3) is 0.500. The van der Waals surface area contributed by atoms with Gasteiger partial charge in [-0.25, -0.2) is 0 Å². The molecule has 2 amide bonds. The fourth-order valence-corrected chi connectivity index (χ4v) is 3.26. The quantitative estimate of drug-likeness (QED) is 0.776. The van der Waals surface area contributed by atoms with Crippen LogP contribution in [0.1, 0.15) is 32.6 Å². The Labute approximate surface area is 152 Å². The molecule has 25 heavy (non-hydrogen) atoms. The van der Waals surface area contributed by atoms with Gasteiger partial charge in [-0.2, -0.15) is 0 Å². The fourth-order valence-electron chi connectivity index (χ4n) is 3.13. The molecule has 0 bridgehead atoms. The Balaban J connectivity index is 1.95. The number of hydrogen-bond donors (Lipinski definition) is 2. The van der Waals surface area contributed by atoms with Gasteiger partial charge in [0.1, 0.15) is 0 Å². The molecule has 2 N–H and O–H groups in total. The third-order valence-electron chi connectivity index (χ3n) is 4.40. The largest absolute Gasteiger partial charge is 0.481 e. The first-order valence-corrected chi connectivity index (χ1v) is 8.85. The summed E-state index contributed by atoms with van der Waals surface area (Å²) in [4.78, 5) is 37.5. The van der Waals surface area contributed by atoms with Gasteiger partial charge in [-0.3, -0.25) is 14.4 Å². The zero-order valence-corrected chi connectivity index (χ0v) is 15.0. The highest BCUT2D eigenvalue weighted by molar-refractivity contribution is 6.30. The van der Waals surface area contributed by atoms with Gasteiger partial charge in [0.25, 0.3) is 0 Å². The highest BCUT2D eigenvalue weighted by Gasteiger charge is 2.36. The molecule has 1 aliphatic carbocycles. The summed E-state index contributed by atoms with van der Waals surface area (Å²) in [6.07, 6.45) is 2.17. The van der Waals surface area contributed by atoms with E-state index in [1.54, 1.807) is 24.3 Å². The van der Waals surface area contributed by atoms with Gasteiger partial charge in [0.05, 0.1) is 12.5 Å². The van der Waals surface area contributed by atoms with Crippen LogP contribution in [-0.2, 0) is 14.4 Å². The van der Waals surface area contributed by atoms with Crippen LogP contribution in [0.25, 0.3) is 0 Å². The second-order valence-electron chi connectivity index (χ2n) is 6.36. The number of carbonyl (C=O) groups is 3. The van der Waals surface area contributed by atoms with E-state index in [4.69, 9.17) is 16.7 Å². The molecule has 1 aromatic carbocycles. The highest BCUT2D eigenvalue weighted by atomic mass is 35.5. The van der Waals surface area contributed by atoms with Crippen molar-refractivity contribution in [3.8, 4) is 0 Å². The average Bonchev–Trinajstić information content (AvgIpc) is 3.06. The molecule has 136 valence electrons. The van der Waals surface area contributed by atoms with Crippen LogP contribution in [0.15, 0.2) is 24.3 Å². The first-order valence-electron chi connectivity index (χ1n) is 8.47. The molecular formula is C18H23ClN2O4. The van der Waals surface area contributed by atoms with Crippen LogP contribution in [0.3, 0.4) is 0 Å². The van der Waals surface area contributed by atoms with Crippen LogP contribution in [0.5, 0.6) is 0 Å². The second kappa shape index (κ2) is 8.85. The normalized spacial score (nSPS) is 19.4. The number of nitrogens with zero attached hydrogens (tertiary/aromatic N) is 1. The Morgan fingerprint density at radius 3 is 2.40 bits per heavy atom. The topological polar surface area (TPSA) is 86.7 Å². The first kappa shape index (κ1) is 19.2. The predicted molar refractivity (Wildman–Crippen MR) is 95.4 cm³/mol. The molecular weight excluding hydrogens is 344 g/mol. The summed E-state index contributed by atoms with van der Waals surface area (Å²) in [5.74, 6) is -2.03. The molecule has 0 radical (unpaired) electrons. The molecule has 0 aromatic heterocycles. The summed E-state index contributed by atoms with van der Waals surface area (Å²) in [6.45, 7) is 2.37. The Hall–Kier alpha value is -2.08. The van der Waals surface area contributed by atoms with E-state index in [2.05, 4.69) is 5.32 Å². The molecule has 1 aromatic rings. The van der Waals surface area contributed by atoms with Crippen LogP contribution in [0.2, 0.25) is 5.02 Å². The van der Waals surface area contributed by atoms with Gasteiger partial charge in [0, 0.05) is 23.2 Å². The van der Waals surface area contributed by atoms with Gasteiger partial charge in [-0.15, -0.1) is 0 Å². The maximum Gasteiger partial charge on any atom is 0.306 e. The summed E-state index contributed by atoms with van der Waals surface area (Å²) >= 11 is 5.81.